The lowest BCUT2D eigenvalue weighted by molar-refractivity contribution is -0.183. The smallest absolute Gasteiger partial charge is 0.409 e. The number of amides is 4. The molecule has 2 aliphatic heterocycles. The van der Waals surface area contributed by atoms with Gasteiger partial charge in [0.25, 0.3) is 11.8 Å². The number of aryl methyl sites for hydroxylation is 1. The highest BCUT2D eigenvalue weighted by molar-refractivity contribution is 5.98. The summed E-state index contributed by atoms with van der Waals surface area (Å²) in [6.45, 7) is 4.43. The van der Waals surface area contributed by atoms with Crippen LogP contribution in [0.15, 0.2) is 24.3 Å². The van der Waals surface area contributed by atoms with Gasteiger partial charge in [0, 0.05) is 44.2 Å². The molecule has 2 aromatic rings. The van der Waals surface area contributed by atoms with Crippen LogP contribution in [0.3, 0.4) is 0 Å². The number of carbonyl (C=O) groups excluding carboxylic acids is 4. The predicted molar refractivity (Wildman–Crippen MR) is 150 cm³/mol. The molecule has 3 heterocycles. The number of halogens is 3. The number of hydrogen-bond donors (Lipinski definition) is 1. The zero-order valence-corrected chi connectivity index (χ0v) is 24.2. The van der Waals surface area contributed by atoms with E-state index in [1.165, 1.54) is 11.0 Å². The van der Waals surface area contributed by atoms with E-state index in [0.717, 1.165) is 23.3 Å². The molecule has 0 radical (unpaired) electrons. The lowest BCUT2D eigenvalue weighted by atomic mass is 10.1. The van der Waals surface area contributed by atoms with E-state index in [4.69, 9.17) is 9.47 Å². The van der Waals surface area contributed by atoms with E-state index < -0.39 is 36.7 Å². The molecule has 0 aliphatic carbocycles. The molecular weight excluding hydrogens is 571 g/mol. The fourth-order valence-electron chi connectivity index (χ4n) is 5.06. The summed E-state index contributed by atoms with van der Waals surface area (Å²) in [6, 6.07) is 4.64. The third-order valence-corrected chi connectivity index (χ3v) is 7.48. The lowest BCUT2D eigenvalue weighted by Crippen LogP contribution is -2.52. The van der Waals surface area contributed by atoms with Crippen molar-refractivity contribution in [1.29, 1.82) is 0 Å². The second kappa shape index (κ2) is 13.9. The van der Waals surface area contributed by atoms with E-state index in [2.05, 4.69) is 10.3 Å². The maximum atomic E-state index is 13.3. The number of fused-ring (bicyclic) bond motifs is 1. The molecule has 4 rings (SSSR count). The first-order chi connectivity index (χ1) is 20.5. The fourth-order valence-corrected chi connectivity index (χ4v) is 5.06. The monoisotopic (exact) mass is 607 g/mol. The van der Waals surface area contributed by atoms with E-state index in [0.29, 0.717) is 43.7 Å². The highest BCUT2D eigenvalue weighted by Crippen LogP contribution is 2.33. The largest absolute Gasteiger partial charge is 0.483 e. The van der Waals surface area contributed by atoms with Gasteiger partial charge >= 0.3 is 12.3 Å². The molecule has 14 heteroatoms. The number of hydrogen-bond acceptors (Lipinski definition) is 7. The number of carbonyl (C=O) groups is 4. The molecule has 1 aromatic carbocycles. The summed E-state index contributed by atoms with van der Waals surface area (Å²) in [5.74, 6) is -1.69. The van der Waals surface area contributed by atoms with Crippen LogP contribution >= 0.6 is 0 Å². The summed E-state index contributed by atoms with van der Waals surface area (Å²) >= 11 is 0. The Labute approximate surface area is 247 Å². The summed E-state index contributed by atoms with van der Waals surface area (Å²) in [7, 11) is 0. The Morgan fingerprint density at radius 3 is 2.44 bits per heavy atom. The van der Waals surface area contributed by atoms with Crippen LogP contribution in [0.2, 0.25) is 0 Å². The van der Waals surface area contributed by atoms with Crippen LogP contribution in [0, 0.1) is 6.92 Å². The van der Waals surface area contributed by atoms with E-state index in [1.54, 1.807) is 23.1 Å². The highest BCUT2D eigenvalue weighted by Gasteiger charge is 2.47. The number of benzene rings is 1. The third kappa shape index (κ3) is 8.05. The third-order valence-electron chi connectivity index (χ3n) is 7.48. The maximum Gasteiger partial charge on any atom is 0.409 e. The lowest BCUT2D eigenvalue weighted by Gasteiger charge is -2.34. The molecule has 0 unspecified atom stereocenters. The Kier molecular flexibility index (Phi) is 10.3. The quantitative estimate of drug-likeness (QED) is 0.435. The molecule has 1 aromatic heterocycles. The number of nitrogens with one attached hydrogen (secondary N) is 1. The van der Waals surface area contributed by atoms with E-state index >= 15 is 0 Å². The Bertz CT molecular complexity index is 1350. The number of nitrogens with zero attached hydrogens (tertiary/aromatic N) is 4. The van der Waals surface area contributed by atoms with Crippen molar-refractivity contribution >= 4 is 34.7 Å². The molecular formula is C29H36F3N5O6. The number of likely N-dealkylation sites (tertiary alicyclic amines) is 1. The standard InChI is InChI=1S/C29H36F3N5O6/c1-3-4-14-42-28(41)36-12-10-35(11-13-36)25(38)17-33-27(40)22-16-23(20-8-7-19(2)15-21(20)34-22)43-18-26(39)37-9-5-6-24(37)29(30,31)32/h7-8,15-16,24H,3-6,9-14,17-18H2,1-2H3,(H,33,40)/t24-/m1/s1. The SMILES string of the molecule is CCCCOC(=O)N1CCN(C(=O)CNC(=O)c2cc(OCC(=O)N3CCC[C@@H]3C(F)(F)F)c3ccc(C)cc3n2)CC1. The van der Waals surface area contributed by atoms with Crippen molar-refractivity contribution < 1.29 is 41.8 Å². The average Bonchev–Trinajstić information content (AvgIpc) is 3.49. The Morgan fingerprint density at radius 1 is 1.02 bits per heavy atom. The molecule has 2 saturated heterocycles. The van der Waals surface area contributed by atoms with Gasteiger partial charge in [0.15, 0.2) is 6.61 Å². The van der Waals surface area contributed by atoms with Crippen molar-refractivity contribution in [3.8, 4) is 5.75 Å². The van der Waals surface area contributed by atoms with Gasteiger partial charge in [0.05, 0.1) is 18.7 Å². The van der Waals surface area contributed by atoms with Gasteiger partial charge in [-0.1, -0.05) is 19.4 Å². The minimum Gasteiger partial charge on any atom is -0.483 e. The topological polar surface area (TPSA) is 121 Å². The van der Waals surface area contributed by atoms with Crippen molar-refractivity contribution in [2.24, 2.45) is 0 Å². The van der Waals surface area contributed by atoms with Crippen LogP contribution in [0.1, 0.15) is 48.7 Å². The zero-order valence-electron chi connectivity index (χ0n) is 24.2. The maximum absolute atomic E-state index is 13.3. The predicted octanol–water partition coefficient (Wildman–Crippen LogP) is 3.29. The molecule has 43 heavy (non-hydrogen) atoms. The molecule has 1 N–H and O–H groups in total. The van der Waals surface area contributed by atoms with E-state index in [-0.39, 0.29) is 43.3 Å². The van der Waals surface area contributed by atoms with Gasteiger partial charge in [-0.2, -0.15) is 13.2 Å². The summed E-state index contributed by atoms with van der Waals surface area (Å²) in [4.78, 5) is 58.8. The van der Waals surface area contributed by atoms with Crippen LogP contribution in [-0.2, 0) is 14.3 Å². The molecule has 4 amide bonds. The van der Waals surface area contributed by atoms with Gasteiger partial charge < -0.3 is 29.5 Å². The minimum atomic E-state index is -4.52. The van der Waals surface area contributed by atoms with Gasteiger partial charge in [-0.25, -0.2) is 9.78 Å². The number of aromatic nitrogens is 1. The summed E-state index contributed by atoms with van der Waals surface area (Å²) in [5.41, 5.74) is 1.15. The van der Waals surface area contributed by atoms with Gasteiger partial charge in [-0.05, 0) is 43.9 Å². The van der Waals surface area contributed by atoms with E-state index in [1.807, 2.05) is 13.8 Å². The van der Waals surface area contributed by atoms with Crippen LogP contribution in [0.25, 0.3) is 10.9 Å². The first-order valence-electron chi connectivity index (χ1n) is 14.4. The molecule has 0 bridgehead atoms. The van der Waals surface area contributed by atoms with Crippen LogP contribution in [0.4, 0.5) is 18.0 Å². The molecule has 234 valence electrons. The first kappa shape index (κ1) is 31.8. The number of unbranched alkanes of at least 4 members (excludes halogenated alkanes) is 1. The molecule has 1 atom stereocenters. The molecule has 2 aliphatic rings. The van der Waals surface area contributed by atoms with Gasteiger partial charge in [0.2, 0.25) is 5.91 Å². The Balaban J connectivity index is 1.37. The van der Waals surface area contributed by atoms with Gasteiger partial charge in [-0.3, -0.25) is 14.4 Å². The normalized spacial score (nSPS) is 17.2. The van der Waals surface area contributed by atoms with Crippen molar-refractivity contribution in [1.82, 2.24) is 25.0 Å². The van der Waals surface area contributed by atoms with Crippen molar-refractivity contribution in [3.05, 3.63) is 35.5 Å². The Hall–Kier alpha value is -4.10. The zero-order chi connectivity index (χ0) is 31.1. The van der Waals surface area contributed by atoms with Crippen LogP contribution < -0.4 is 10.1 Å². The molecule has 0 spiro atoms. The Morgan fingerprint density at radius 2 is 1.74 bits per heavy atom. The molecule has 0 saturated carbocycles. The number of alkyl halides is 3. The van der Waals surface area contributed by atoms with Crippen molar-refractivity contribution in [2.45, 2.75) is 51.7 Å². The second-order valence-electron chi connectivity index (χ2n) is 10.6. The van der Waals surface area contributed by atoms with E-state index in [9.17, 15) is 32.3 Å². The van der Waals surface area contributed by atoms with Crippen LogP contribution in [0.5, 0.6) is 5.75 Å². The van der Waals surface area contributed by atoms with Crippen LogP contribution in [-0.4, -0.2) is 108 Å². The first-order valence-corrected chi connectivity index (χ1v) is 14.4. The minimum absolute atomic E-state index is 0.0115. The average molecular weight is 608 g/mol. The summed E-state index contributed by atoms with van der Waals surface area (Å²) in [6.07, 6.45) is -3.15. The summed E-state index contributed by atoms with van der Waals surface area (Å²) < 4.78 is 50.9. The molecule has 2 fully saturated rings. The second-order valence-corrected chi connectivity index (χ2v) is 10.6. The van der Waals surface area contributed by atoms with Gasteiger partial charge in [-0.15, -0.1) is 0 Å². The highest BCUT2D eigenvalue weighted by atomic mass is 19.4. The number of rotatable bonds is 9. The number of piperazine rings is 1. The fraction of sp³-hybridized carbons (Fsp3) is 0.552. The van der Waals surface area contributed by atoms with Crippen molar-refractivity contribution in [2.75, 3.05) is 52.5 Å². The molecule has 11 nitrogen and oxygen atoms in total. The summed E-state index contributed by atoms with van der Waals surface area (Å²) in [5, 5.41) is 3.03. The van der Waals surface area contributed by atoms with Crippen molar-refractivity contribution in [3.63, 3.8) is 0 Å². The van der Waals surface area contributed by atoms with Gasteiger partial charge in [0.1, 0.15) is 17.5 Å². The number of pyridine rings is 1. The number of ether oxygens (including phenoxy) is 2.